The lowest BCUT2D eigenvalue weighted by Gasteiger charge is -2.20. The van der Waals surface area contributed by atoms with E-state index in [4.69, 9.17) is 0 Å². The molecule has 1 saturated heterocycles. The van der Waals surface area contributed by atoms with Crippen molar-refractivity contribution in [1.82, 2.24) is 10.2 Å². The molecule has 5 heteroatoms. The first-order valence-electron chi connectivity index (χ1n) is 6.81. The first kappa shape index (κ1) is 13.5. The standard InChI is InChI=1S/C15H17FN2OS/c1-18(9-12-3-2-6-17-12)15(19)14-7-10-4-5-11(16)8-13(10)20-14/h4-5,7-8,12,17H,2-3,6,9H2,1H3. The van der Waals surface area contributed by atoms with Gasteiger partial charge in [0.1, 0.15) is 5.82 Å². The van der Waals surface area contributed by atoms with E-state index in [1.165, 1.54) is 29.9 Å². The van der Waals surface area contributed by atoms with E-state index in [0.29, 0.717) is 10.9 Å². The number of rotatable bonds is 3. The number of amides is 1. The molecule has 20 heavy (non-hydrogen) atoms. The number of likely N-dealkylation sites (N-methyl/N-ethyl adjacent to an activating group) is 1. The van der Waals surface area contributed by atoms with Crippen LogP contribution in [0.1, 0.15) is 22.5 Å². The molecule has 0 radical (unpaired) electrons. The molecule has 1 N–H and O–H groups in total. The lowest BCUT2D eigenvalue weighted by Crippen LogP contribution is -2.38. The van der Waals surface area contributed by atoms with Crippen molar-refractivity contribution in [2.45, 2.75) is 18.9 Å². The van der Waals surface area contributed by atoms with Crippen LogP contribution in [0.15, 0.2) is 24.3 Å². The molecule has 2 aromatic rings. The van der Waals surface area contributed by atoms with Crippen molar-refractivity contribution in [3.05, 3.63) is 35.0 Å². The smallest absolute Gasteiger partial charge is 0.263 e. The highest BCUT2D eigenvalue weighted by atomic mass is 32.1. The fraction of sp³-hybridized carbons (Fsp3) is 0.400. The number of carbonyl (C=O) groups is 1. The normalized spacial score (nSPS) is 18.6. The molecule has 1 aromatic carbocycles. The fourth-order valence-electron chi connectivity index (χ4n) is 2.62. The number of hydrogen-bond donors (Lipinski definition) is 1. The van der Waals surface area contributed by atoms with Crippen LogP contribution in [0, 0.1) is 5.82 Å². The summed E-state index contributed by atoms with van der Waals surface area (Å²) in [7, 11) is 1.83. The molecule has 1 fully saturated rings. The second kappa shape index (κ2) is 5.50. The van der Waals surface area contributed by atoms with Crippen molar-refractivity contribution in [1.29, 1.82) is 0 Å². The molecule has 0 saturated carbocycles. The Hall–Kier alpha value is -1.46. The Labute approximate surface area is 121 Å². The number of nitrogens with one attached hydrogen (secondary N) is 1. The average molecular weight is 292 g/mol. The number of fused-ring (bicyclic) bond motifs is 1. The molecule has 1 atom stereocenters. The van der Waals surface area contributed by atoms with Gasteiger partial charge in [-0.15, -0.1) is 11.3 Å². The van der Waals surface area contributed by atoms with Crippen molar-refractivity contribution >= 4 is 27.3 Å². The van der Waals surface area contributed by atoms with Crippen molar-refractivity contribution in [2.24, 2.45) is 0 Å². The summed E-state index contributed by atoms with van der Waals surface area (Å²) in [6.45, 7) is 1.76. The van der Waals surface area contributed by atoms with Gasteiger partial charge in [0.25, 0.3) is 5.91 Å². The van der Waals surface area contributed by atoms with Crippen LogP contribution < -0.4 is 5.32 Å². The van der Waals surface area contributed by atoms with Gasteiger partial charge in [-0.1, -0.05) is 6.07 Å². The van der Waals surface area contributed by atoms with E-state index in [-0.39, 0.29) is 11.7 Å². The quantitative estimate of drug-likeness (QED) is 0.943. The van der Waals surface area contributed by atoms with Crippen molar-refractivity contribution in [3.8, 4) is 0 Å². The minimum absolute atomic E-state index is 0.0142. The molecule has 3 rings (SSSR count). The van der Waals surface area contributed by atoms with Crippen molar-refractivity contribution < 1.29 is 9.18 Å². The van der Waals surface area contributed by atoms with Gasteiger partial charge in [-0.05, 0) is 43.0 Å². The van der Waals surface area contributed by atoms with Crippen LogP contribution in [0.2, 0.25) is 0 Å². The Morgan fingerprint density at radius 2 is 2.35 bits per heavy atom. The van der Waals surface area contributed by atoms with Crippen LogP contribution in [0.5, 0.6) is 0 Å². The molecule has 106 valence electrons. The largest absolute Gasteiger partial charge is 0.339 e. The third kappa shape index (κ3) is 2.69. The van der Waals surface area contributed by atoms with Crippen LogP contribution in [0.3, 0.4) is 0 Å². The van der Waals surface area contributed by atoms with Gasteiger partial charge < -0.3 is 10.2 Å². The average Bonchev–Trinajstić information content (AvgIpc) is 3.06. The first-order chi connectivity index (χ1) is 9.63. The summed E-state index contributed by atoms with van der Waals surface area (Å²) in [6, 6.07) is 6.87. The molecule has 0 bridgehead atoms. The number of nitrogens with zero attached hydrogens (tertiary/aromatic N) is 1. The van der Waals surface area contributed by atoms with Gasteiger partial charge >= 0.3 is 0 Å². The Kier molecular flexibility index (Phi) is 3.72. The zero-order valence-corrected chi connectivity index (χ0v) is 12.2. The number of halogens is 1. The van der Waals surface area contributed by atoms with E-state index >= 15 is 0 Å². The third-order valence-electron chi connectivity index (χ3n) is 3.70. The summed E-state index contributed by atoms with van der Waals surface area (Å²) in [5.74, 6) is -0.248. The van der Waals surface area contributed by atoms with E-state index in [0.717, 1.165) is 29.6 Å². The summed E-state index contributed by atoms with van der Waals surface area (Å²) in [5, 5.41) is 4.31. The molecule has 1 amide bonds. The van der Waals surface area contributed by atoms with Crippen molar-refractivity contribution in [3.63, 3.8) is 0 Å². The van der Waals surface area contributed by atoms with E-state index in [2.05, 4.69) is 5.32 Å². The van der Waals surface area contributed by atoms with Crippen LogP contribution in [0.25, 0.3) is 10.1 Å². The van der Waals surface area contributed by atoms with Crippen molar-refractivity contribution in [2.75, 3.05) is 20.1 Å². The molecule has 2 heterocycles. The van der Waals surface area contributed by atoms with E-state index in [1.807, 2.05) is 13.1 Å². The van der Waals surface area contributed by atoms with E-state index in [1.54, 1.807) is 11.0 Å². The molecule has 1 aromatic heterocycles. The maximum atomic E-state index is 13.2. The number of carbonyl (C=O) groups excluding carboxylic acids is 1. The molecule has 1 unspecified atom stereocenters. The highest BCUT2D eigenvalue weighted by Crippen LogP contribution is 2.27. The molecule has 1 aliphatic rings. The zero-order valence-electron chi connectivity index (χ0n) is 11.4. The monoisotopic (exact) mass is 292 g/mol. The van der Waals surface area contributed by atoms with Gasteiger partial charge in [0.05, 0.1) is 4.88 Å². The van der Waals surface area contributed by atoms with Gasteiger partial charge in [0.2, 0.25) is 0 Å². The summed E-state index contributed by atoms with van der Waals surface area (Å²) >= 11 is 1.35. The summed E-state index contributed by atoms with van der Waals surface area (Å²) in [6.07, 6.45) is 2.30. The van der Waals surface area contributed by atoms with Gasteiger partial charge in [-0.3, -0.25) is 4.79 Å². The van der Waals surface area contributed by atoms with Crippen LogP contribution in [0.4, 0.5) is 4.39 Å². The third-order valence-corrected chi connectivity index (χ3v) is 4.78. The molecule has 1 aliphatic heterocycles. The molecular weight excluding hydrogens is 275 g/mol. The predicted octanol–water partition coefficient (Wildman–Crippen LogP) is 2.86. The first-order valence-corrected chi connectivity index (χ1v) is 7.63. The number of benzene rings is 1. The molecular formula is C15H17FN2OS. The molecule has 0 aliphatic carbocycles. The molecule has 3 nitrogen and oxygen atoms in total. The Balaban J connectivity index is 1.77. The van der Waals surface area contributed by atoms with E-state index < -0.39 is 0 Å². The van der Waals surface area contributed by atoms with Crippen LogP contribution in [-0.4, -0.2) is 37.0 Å². The lowest BCUT2D eigenvalue weighted by molar-refractivity contribution is 0.0788. The maximum Gasteiger partial charge on any atom is 0.263 e. The maximum absolute atomic E-state index is 13.2. The Morgan fingerprint density at radius 1 is 1.50 bits per heavy atom. The summed E-state index contributed by atoms with van der Waals surface area (Å²) < 4.78 is 14.0. The van der Waals surface area contributed by atoms with Crippen LogP contribution >= 0.6 is 11.3 Å². The van der Waals surface area contributed by atoms with Crippen LogP contribution in [-0.2, 0) is 0 Å². The van der Waals surface area contributed by atoms with E-state index in [9.17, 15) is 9.18 Å². The summed E-state index contributed by atoms with van der Waals surface area (Å²) in [5.41, 5.74) is 0. The fourth-order valence-corrected chi connectivity index (χ4v) is 3.71. The van der Waals surface area contributed by atoms with Gasteiger partial charge in [0, 0.05) is 24.3 Å². The van der Waals surface area contributed by atoms with Gasteiger partial charge in [-0.2, -0.15) is 0 Å². The minimum atomic E-state index is -0.262. The number of hydrogen-bond acceptors (Lipinski definition) is 3. The highest BCUT2D eigenvalue weighted by Gasteiger charge is 2.21. The zero-order chi connectivity index (χ0) is 14.1. The summed E-state index contributed by atoms with van der Waals surface area (Å²) in [4.78, 5) is 14.8. The van der Waals surface area contributed by atoms with Gasteiger partial charge in [0.15, 0.2) is 0 Å². The topological polar surface area (TPSA) is 32.3 Å². The Bertz CT molecular complexity index is 634. The number of thiophene rings is 1. The predicted molar refractivity (Wildman–Crippen MR) is 79.8 cm³/mol. The second-order valence-corrected chi connectivity index (χ2v) is 6.36. The SMILES string of the molecule is CN(CC1CCCN1)C(=O)c1cc2ccc(F)cc2s1. The molecule has 0 spiro atoms. The van der Waals surface area contributed by atoms with Gasteiger partial charge in [-0.25, -0.2) is 4.39 Å². The highest BCUT2D eigenvalue weighted by molar-refractivity contribution is 7.20. The Morgan fingerprint density at radius 3 is 3.10 bits per heavy atom. The minimum Gasteiger partial charge on any atom is -0.339 e. The lowest BCUT2D eigenvalue weighted by atomic mass is 10.2. The second-order valence-electron chi connectivity index (χ2n) is 5.27.